The predicted molar refractivity (Wildman–Crippen MR) is 110 cm³/mol. The number of carbonyl (C=O) groups excluding carboxylic acids is 2. The van der Waals surface area contributed by atoms with E-state index in [0.717, 1.165) is 18.4 Å². The number of β-amino-alcohol motifs (C(OH)–C–C–N with tert-alkyl or cyclic N) is 1. The highest BCUT2D eigenvalue weighted by atomic mass is 16.3. The van der Waals surface area contributed by atoms with E-state index in [9.17, 15) is 14.7 Å². The van der Waals surface area contributed by atoms with Crippen LogP contribution >= 0.6 is 0 Å². The number of aliphatic hydroxyl groups excluding tert-OH is 1. The molecule has 2 aromatic rings. The molecule has 4 heterocycles. The van der Waals surface area contributed by atoms with Gasteiger partial charge in [0.15, 0.2) is 0 Å². The predicted octanol–water partition coefficient (Wildman–Crippen LogP) is 0.833. The lowest BCUT2D eigenvalue weighted by molar-refractivity contribution is -0.126. The van der Waals surface area contributed by atoms with Crippen molar-refractivity contribution in [2.24, 2.45) is 0 Å². The number of nitrogens with zero attached hydrogens (tertiary/aromatic N) is 4. The summed E-state index contributed by atoms with van der Waals surface area (Å²) in [6, 6.07) is 7.13. The Morgan fingerprint density at radius 2 is 1.83 bits per heavy atom. The Hall–Kier alpha value is -2.84. The lowest BCUT2D eigenvalue weighted by atomic mass is 10.0. The van der Waals surface area contributed by atoms with Crippen LogP contribution in [0.1, 0.15) is 35.2 Å². The van der Waals surface area contributed by atoms with Crippen molar-refractivity contribution in [2.75, 3.05) is 19.6 Å². The fraction of sp³-hybridized carbons (Fsp3) is 0.455. The van der Waals surface area contributed by atoms with Crippen LogP contribution < -0.4 is 5.32 Å². The number of aromatic nitrogens is 2. The van der Waals surface area contributed by atoms with Crippen LogP contribution in [0.15, 0.2) is 49.1 Å². The highest BCUT2D eigenvalue weighted by molar-refractivity contribution is 5.93. The number of amides is 2. The monoisotopic (exact) mass is 409 g/mol. The molecule has 0 saturated carbocycles. The molecule has 8 nitrogen and oxygen atoms in total. The molecule has 0 aromatic carbocycles. The van der Waals surface area contributed by atoms with Crippen molar-refractivity contribution < 1.29 is 14.7 Å². The van der Waals surface area contributed by atoms with E-state index in [1.165, 1.54) is 0 Å². The molecule has 0 unspecified atom stereocenters. The van der Waals surface area contributed by atoms with Gasteiger partial charge in [-0.15, -0.1) is 0 Å². The van der Waals surface area contributed by atoms with Crippen LogP contribution in [0.25, 0.3) is 0 Å². The molecule has 2 atom stereocenters. The molecule has 4 rings (SSSR count). The number of carbonyl (C=O) groups is 2. The Balaban J connectivity index is 1.33. The van der Waals surface area contributed by atoms with E-state index >= 15 is 0 Å². The first-order chi connectivity index (χ1) is 14.6. The van der Waals surface area contributed by atoms with Crippen molar-refractivity contribution >= 4 is 11.8 Å². The Labute approximate surface area is 175 Å². The van der Waals surface area contributed by atoms with Crippen molar-refractivity contribution in [1.29, 1.82) is 0 Å². The largest absolute Gasteiger partial charge is 0.392 e. The molecule has 0 aliphatic carbocycles. The third-order valence-corrected chi connectivity index (χ3v) is 5.94. The van der Waals surface area contributed by atoms with E-state index in [0.29, 0.717) is 38.2 Å². The van der Waals surface area contributed by atoms with Gasteiger partial charge >= 0.3 is 0 Å². The Morgan fingerprint density at radius 1 is 1.10 bits per heavy atom. The maximum absolute atomic E-state index is 12.8. The third kappa shape index (κ3) is 4.66. The van der Waals surface area contributed by atoms with E-state index in [1.54, 1.807) is 36.9 Å². The quantitative estimate of drug-likeness (QED) is 0.759. The zero-order valence-electron chi connectivity index (χ0n) is 16.9. The first kappa shape index (κ1) is 20.4. The van der Waals surface area contributed by atoms with Crippen molar-refractivity contribution in [1.82, 2.24) is 25.1 Å². The second-order valence-electron chi connectivity index (χ2n) is 7.95. The summed E-state index contributed by atoms with van der Waals surface area (Å²) in [5.74, 6) is -0.0713. The van der Waals surface area contributed by atoms with Crippen LogP contribution in [0, 0.1) is 0 Å². The summed E-state index contributed by atoms with van der Waals surface area (Å²) in [7, 11) is 0. The lowest BCUT2D eigenvalue weighted by Crippen LogP contribution is -2.52. The smallest absolute Gasteiger partial charge is 0.255 e. The van der Waals surface area contributed by atoms with E-state index in [-0.39, 0.29) is 23.9 Å². The van der Waals surface area contributed by atoms with Crippen molar-refractivity contribution in [3.8, 4) is 0 Å². The van der Waals surface area contributed by atoms with Gasteiger partial charge in [-0.3, -0.25) is 24.5 Å². The molecule has 158 valence electrons. The van der Waals surface area contributed by atoms with E-state index < -0.39 is 6.10 Å². The summed E-state index contributed by atoms with van der Waals surface area (Å²) in [5, 5.41) is 13.2. The molecule has 0 spiro atoms. The number of hydrogen-bond acceptors (Lipinski definition) is 6. The first-order valence-electron chi connectivity index (χ1n) is 10.4. The molecule has 2 amide bonds. The van der Waals surface area contributed by atoms with Gasteiger partial charge in [0.2, 0.25) is 5.91 Å². The van der Waals surface area contributed by atoms with Gasteiger partial charge in [-0.05, 0) is 43.0 Å². The van der Waals surface area contributed by atoms with Gasteiger partial charge in [0.1, 0.15) is 0 Å². The van der Waals surface area contributed by atoms with Gasteiger partial charge in [-0.2, -0.15) is 0 Å². The molecule has 0 bridgehead atoms. The van der Waals surface area contributed by atoms with Crippen molar-refractivity contribution in [3.05, 3.63) is 60.2 Å². The number of hydrogen-bond donors (Lipinski definition) is 2. The SMILES string of the molecule is O=C(NCc1cccnc1)[C@@H]1C[C@@H](O)CN1C1CCN(C(=O)c2cccnc2)CC1. The van der Waals surface area contributed by atoms with Crippen molar-refractivity contribution in [3.63, 3.8) is 0 Å². The normalized spacial score (nSPS) is 22.8. The summed E-state index contributed by atoms with van der Waals surface area (Å²) in [6.07, 6.45) is 8.18. The van der Waals surface area contributed by atoms with E-state index in [2.05, 4.69) is 20.2 Å². The standard InChI is InChI=1S/C22H27N5O3/c28-19-11-20(21(29)25-13-16-3-1-7-23-12-16)27(15-19)18-5-9-26(10-6-18)22(30)17-4-2-8-24-14-17/h1-4,7-8,12,14,18-20,28H,5-6,9-11,13,15H2,(H,25,29)/t19-,20+/m1/s1. The first-order valence-corrected chi connectivity index (χ1v) is 10.4. The van der Waals surface area contributed by atoms with Gasteiger partial charge in [0, 0.05) is 57.0 Å². The van der Waals surface area contributed by atoms with Gasteiger partial charge in [-0.1, -0.05) is 6.07 Å². The average molecular weight is 409 g/mol. The molecule has 8 heteroatoms. The molecule has 0 radical (unpaired) electrons. The van der Waals surface area contributed by atoms with Crippen molar-refractivity contribution in [2.45, 2.75) is 44.0 Å². The molecule has 2 N–H and O–H groups in total. The highest BCUT2D eigenvalue weighted by Crippen LogP contribution is 2.27. The zero-order valence-corrected chi connectivity index (χ0v) is 16.9. The Kier molecular flexibility index (Phi) is 6.35. The van der Waals surface area contributed by atoms with Crippen LogP contribution in [0.4, 0.5) is 0 Å². The van der Waals surface area contributed by atoms with Gasteiger partial charge < -0.3 is 15.3 Å². The maximum Gasteiger partial charge on any atom is 0.255 e. The van der Waals surface area contributed by atoms with Crippen LogP contribution in [-0.4, -0.2) is 74.5 Å². The number of rotatable bonds is 5. The van der Waals surface area contributed by atoms with Gasteiger partial charge in [0.25, 0.3) is 5.91 Å². The highest BCUT2D eigenvalue weighted by Gasteiger charge is 2.40. The van der Waals surface area contributed by atoms with E-state index in [4.69, 9.17) is 0 Å². The summed E-state index contributed by atoms with van der Waals surface area (Å²) in [6.45, 7) is 2.18. The van der Waals surface area contributed by atoms with E-state index in [1.807, 2.05) is 17.0 Å². The summed E-state index contributed by atoms with van der Waals surface area (Å²) >= 11 is 0. The minimum Gasteiger partial charge on any atom is -0.392 e. The molecular weight excluding hydrogens is 382 g/mol. The summed E-state index contributed by atoms with van der Waals surface area (Å²) in [4.78, 5) is 37.5. The molecular formula is C22H27N5O3. The second-order valence-corrected chi connectivity index (χ2v) is 7.95. The number of aliphatic hydroxyl groups is 1. The zero-order chi connectivity index (χ0) is 20.9. The topological polar surface area (TPSA) is 98.7 Å². The molecule has 30 heavy (non-hydrogen) atoms. The molecule has 2 saturated heterocycles. The fourth-order valence-electron chi connectivity index (χ4n) is 4.38. The van der Waals surface area contributed by atoms with Gasteiger partial charge in [-0.25, -0.2) is 0 Å². The Morgan fingerprint density at radius 3 is 2.50 bits per heavy atom. The maximum atomic E-state index is 12.8. The number of likely N-dealkylation sites (tertiary alicyclic amines) is 2. The molecule has 2 aliphatic rings. The minimum absolute atomic E-state index is 0.00577. The third-order valence-electron chi connectivity index (χ3n) is 5.94. The van der Waals surface area contributed by atoms with Crippen LogP contribution in [0.3, 0.4) is 0 Å². The van der Waals surface area contributed by atoms with Gasteiger partial charge in [0.05, 0.1) is 17.7 Å². The number of pyridine rings is 2. The molecule has 2 fully saturated rings. The lowest BCUT2D eigenvalue weighted by Gasteiger charge is -2.38. The summed E-state index contributed by atoms with van der Waals surface area (Å²) in [5.41, 5.74) is 1.54. The Bertz CT molecular complexity index is 856. The van der Waals surface area contributed by atoms with Crippen LogP contribution in [0.5, 0.6) is 0 Å². The minimum atomic E-state index is -0.505. The number of piperidine rings is 1. The molecule has 2 aromatic heterocycles. The van der Waals surface area contributed by atoms with Crippen LogP contribution in [0.2, 0.25) is 0 Å². The average Bonchev–Trinajstić information content (AvgIpc) is 3.20. The summed E-state index contributed by atoms with van der Waals surface area (Å²) < 4.78 is 0. The fourth-order valence-corrected chi connectivity index (χ4v) is 4.38. The van der Waals surface area contributed by atoms with Crippen LogP contribution in [-0.2, 0) is 11.3 Å². The second kappa shape index (κ2) is 9.32. The number of nitrogens with one attached hydrogen (secondary N) is 1. The molecule has 2 aliphatic heterocycles.